The Labute approximate surface area is 160 Å². The maximum absolute atomic E-state index is 12.3. The molecule has 140 valence electrons. The van der Waals surface area contributed by atoms with Gasteiger partial charge >= 0.3 is 5.97 Å². The molecule has 4 aromatic rings. The van der Waals surface area contributed by atoms with Crippen LogP contribution in [0.1, 0.15) is 10.4 Å². The summed E-state index contributed by atoms with van der Waals surface area (Å²) >= 11 is 0. The number of ether oxygens (including phenoxy) is 2. The van der Waals surface area contributed by atoms with E-state index in [2.05, 4.69) is 5.32 Å². The van der Waals surface area contributed by atoms with Crippen molar-refractivity contribution in [3.8, 4) is 5.75 Å². The smallest absolute Gasteiger partial charge is 0.341 e. The van der Waals surface area contributed by atoms with Crippen molar-refractivity contribution in [1.82, 2.24) is 0 Å². The molecule has 0 aliphatic carbocycles. The quantitative estimate of drug-likeness (QED) is 0.524. The number of hydrogen-bond donors (Lipinski definition) is 1. The second-order valence-corrected chi connectivity index (χ2v) is 6.13. The Morgan fingerprint density at radius 1 is 0.929 bits per heavy atom. The highest BCUT2D eigenvalue weighted by molar-refractivity contribution is 6.07. The lowest BCUT2D eigenvalue weighted by atomic mass is 10.1. The first-order valence-electron chi connectivity index (χ1n) is 8.67. The highest BCUT2D eigenvalue weighted by Gasteiger charge is 2.14. The van der Waals surface area contributed by atoms with Crippen molar-refractivity contribution in [2.45, 2.75) is 0 Å². The van der Waals surface area contributed by atoms with Gasteiger partial charge in [0.25, 0.3) is 5.91 Å². The van der Waals surface area contributed by atoms with E-state index in [0.717, 1.165) is 21.9 Å². The van der Waals surface area contributed by atoms with Crippen LogP contribution in [-0.2, 0) is 9.53 Å². The number of carbonyl (C=O) groups is 2. The third kappa shape index (κ3) is 3.40. The van der Waals surface area contributed by atoms with Crippen LogP contribution in [0.4, 0.5) is 5.69 Å². The molecule has 0 saturated heterocycles. The molecular formula is C22H17NO5. The third-order valence-corrected chi connectivity index (χ3v) is 4.31. The molecule has 4 rings (SSSR count). The van der Waals surface area contributed by atoms with E-state index in [1.807, 2.05) is 36.4 Å². The zero-order chi connectivity index (χ0) is 19.5. The van der Waals surface area contributed by atoms with Crippen molar-refractivity contribution in [3.63, 3.8) is 0 Å². The van der Waals surface area contributed by atoms with E-state index in [1.165, 1.54) is 7.11 Å². The summed E-state index contributed by atoms with van der Waals surface area (Å²) in [6.07, 6.45) is 0. The number of fused-ring (bicyclic) bond motifs is 3. The molecule has 6 nitrogen and oxygen atoms in total. The van der Waals surface area contributed by atoms with Gasteiger partial charge < -0.3 is 19.2 Å². The van der Waals surface area contributed by atoms with Crippen molar-refractivity contribution >= 4 is 39.5 Å². The van der Waals surface area contributed by atoms with E-state index in [4.69, 9.17) is 13.9 Å². The summed E-state index contributed by atoms with van der Waals surface area (Å²) in [5.74, 6) is -0.569. The summed E-state index contributed by atoms with van der Waals surface area (Å²) in [6.45, 7) is -0.238. The standard InChI is InChI=1S/C22H17NO5/c1-26-22(25)16-7-3-4-8-18(16)27-13-21(24)23-14-10-11-20-17(12-14)15-6-2-5-9-19(15)28-20/h2-12H,13H2,1H3,(H,23,24). The molecule has 0 bridgehead atoms. The highest BCUT2D eigenvalue weighted by atomic mass is 16.5. The van der Waals surface area contributed by atoms with Gasteiger partial charge in [-0.25, -0.2) is 4.79 Å². The van der Waals surface area contributed by atoms with Crippen molar-refractivity contribution in [3.05, 3.63) is 72.3 Å². The number of carbonyl (C=O) groups excluding carboxylic acids is 2. The fourth-order valence-corrected chi connectivity index (χ4v) is 3.02. The molecule has 0 atom stereocenters. The summed E-state index contributed by atoms with van der Waals surface area (Å²) in [5, 5.41) is 4.70. The SMILES string of the molecule is COC(=O)c1ccccc1OCC(=O)Nc1ccc2oc3ccccc3c2c1. The van der Waals surface area contributed by atoms with Gasteiger partial charge in [-0.05, 0) is 36.4 Å². The van der Waals surface area contributed by atoms with Crippen LogP contribution in [0.25, 0.3) is 21.9 Å². The van der Waals surface area contributed by atoms with Crippen LogP contribution in [-0.4, -0.2) is 25.6 Å². The fourth-order valence-electron chi connectivity index (χ4n) is 3.02. The third-order valence-electron chi connectivity index (χ3n) is 4.31. The molecule has 0 radical (unpaired) electrons. The predicted octanol–water partition coefficient (Wildman–Crippen LogP) is 4.39. The topological polar surface area (TPSA) is 77.8 Å². The molecule has 6 heteroatoms. The lowest BCUT2D eigenvalue weighted by Crippen LogP contribution is -2.21. The predicted molar refractivity (Wildman–Crippen MR) is 106 cm³/mol. The van der Waals surface area contributed by atoms with E-state index in [-0.39, 0.29) is 18.1 Å². The molecule has 1 heterocycles. The van der Waals surface area contributed by atoms with Crippen molar-refractivity contribution in [2.24, 2.45) is 0 Å². The molecule has 1 aromatic heterocycles. The molecular weight excluding hydrogens is 358 g/mol. The Morgan fingerprint density at radius 2 is 1.68 bits per heavy atom. The first kappa shape index (κ1) is 17.6. The lowest BCUT2D eigenvalue weighted by Gasteiger charge is -2.10. The molecule has 1 amide bonds. The average Bonchev–Trinajstić information content (AvgIpc) is 3.10. The fraction of sp³-hybridized carbons (Fsp3) is 0.0909. The van der Waals surface area contributed by atoms with Gasteiger partial charge in [0.1, 0.15) is 22.5 Å². The zero-order valence-corrected chi connectivity index (χ0v) is 15.1. The largest absolute Gasteiger partial charge is 0.483 e. The van der Waals surface area contributed by atoms with E-state index >= 15 is 0 Å². The van der Waals surface area contributed by atoms with Crippen LogP contribution >= 0.6 is 0 Å². The molecule has 28 heavy (non-hydrogen) atoms. The zero-order valence-electron chi connectivity index (χ0n) is 15.1. The number of rotatable bonds is 5. The first-order chi connectivity index (χ1) is 13.7. The minimum absolute atomic E-state index is 0.238. The molecule has 0 aliphatic rings. The van der Waals surface area contributed by atoms with E-state index in [1.54, 1.807) is 30.3 Å². The van der Waals surface area contributed by atoms with Crippen LogP contribution in [0.3, 0.4) is 0 Å². The molecule has 0 spiro atoms. The monoisotopic (exact) mass is 375 g/mol. The van der Waals surface area contributed by atoms with Gasteiger partial charge in [-0.2, -0.15) is 0 Å². The second-order valence-electron chi connectivity index (χ2n) is 6.13. The number of furan rings is 1. The van der Waals surface area contributed by atoms with E-state index in [0.29, 0.717) is 11.4 Å². The van der Waals surface area contributed by atoms with Gasteiger partial charge in [0.15, 0.2) is 6.61 Å². The number of hydrogen-bond acceptors (Lipinski definition) is 5. The number of methoxy groups -OCH3 is 1. The van der Waals surface area contributed by atoms with Crippen molar-refractivity contribution in [1.29, 1.82) is 0 Å². The lowest BCUT2D eigenvalue weighted by molar-refractivity contribution is -0.118. The van der Waals surface area contributed by atoms with Crippen LogP contribution in [0, 0.1) is 0 Å². The molecule has 0 saturated carbocycles. The molecule has 3 aromatic carbocycles. The van der Waals surface area contributed by atoms with Gasteiger partial charge in [-0.1, -0.05) is 30.3 Å². The molecule has 0 aliphatic heterocycles. The van der Waals surface area contributed by atoms with Crippen LogP contribution in [0.5, 0.6) is 5.75 Å². The summed E-state index contributed by atoms with van der Waals surface area (Å²) in [4.78, 5) is 24.1. The molecule has 1 N–H and O–H groups in total. The Hall–Kier alpha value is -3.80. The van der Waals surface area contributed by atoms with Gasteiger partial charge in [-0.3, -0.25) is 4.79 Å². The van der Waals surface area contributed by atoms with Crippen LogP contribution in [0.2, 0.25) is 0 Å². The van der Waals surface area contributed by atoms with E-state index < -0.39 is 5.97 Å². The second kappa shape index (κ2) is 7.44. The van der Waals surface area contributed by atoms with Crippen LogP contribution in [0.15, 0.2) is 71.1 Å². The Morgan fingerprint density at radius 3 is 2.54 bits per heavy atom. The van der Waals surface area contributed by atoms with Gasteiger partial charge in [0.05, 0.1) is 7.11 Å². The number of anilines is 1. The summed E-state index contributed by atoms with van der Waals surface area (Å²) in [7, 11) is 1.29. The van der Waals surface area contributed by atoms with Gasteiger partial charge in [-0.15, -0.1) is 0 Å². The van der Waals surface area contributed by atoms with Crippen LogP contribution < -0.4 is 10.1 Å². The molecule has 0 unspecified atom stereocenters. The van der Waals surface area contributed by atoms with Gasteiger partial charge in [0, 0.05) is 16.5 Å². The van der Waals surface area contributed by atoms with Crippen molar-refractivity contribution < 1.29 is 23.5 Å². The van der Waals surface area contributed by atoms with E-state index in [9.17, 15) is 9.59 Å². The van der Waals surface area contributed by atoms with Gasteiger partial charge in [0.2, 0.25) is 0 Å². The number of esters is 1. The normalized spacial score (nSPS) is 10.8. The Balaban J connectivity index is 1.49. The first-order valence-corrected chi connectivity index (χ1v) is 8.67. The minimum Gasteiger partial charge on any atom is -0.483 e. The maximum atomic E-state index is 12.3. The minimum atomic E-state index is -0.520. The summed E-state index contributed by atoms with van der Waals surface area (Å²) in [6, 6.07) is 19.8. The highest BCUT2D eigenvalue weighted by Crippen LogP contribution is 2.30. The summed E-state index contributed by atoms with van der Waals surface area (Å²) in [5.41, 5.74) is 2.45. The maximum Gasteiger partial charge on any atom is 0.341 e. The number of para-hydroxylation sites is 2. The number of amides is 1. The number of benzene rings is 3. The molecule has 0 fully saturated rings. The summed E-state index contributed by atoms with van der Waals surface area (Å²) < 4.78 is 16.0. The average molecular weight is 375 g/mol. The van der Waals surface area contributed by atoms with Crippen molar-refractivity contribution in [2.75, 3.05) is 19.0 Å². The number of nitrogens with one attached hydrogen (secondary N) is 1. The Bertz CT molecular complexity index is 1180. The Kier molecular flexibility index (Phi) is 4.68.